The minimum Gasteiger partial charge on any atom is -0.396 e. The standard InChI is InChI=1S/C11H23NO5S2/c1-9(2)11(3-6-13)12-19(16,17)10-4-7-18(14,15)8-5-10/h9-13H,3-8H2,1-2H3. The molecule has 0 aromatic rings. The monoisotopic (exact) mass is 313 g/mol. The summed E-state index contributed by atoms with van der Waals surface area (Å²) in [5.74, 6) is -0.0511. The summed E-state index contributed by atoms with van der Waals surface area (Å²) in [5.41, 5.74) is 0. The van der Waals surface area contributed by atoms with Gasteiger partial charge in [0.2, 0.25) is 10.0 Å². The maximum atomic E-state index is 12.2. The van der Waals surface area contributed by atoms with Crippen molar-refractivity contribution in [3.05, 3.63) is 0 Å². The van der Waals surface area contributed by atoms with Gasteiger partial charge >= 0.3 is 0 Å². The van der Waals surface area contributed by atoms with Gasteiger partial charge in [0.1, 0.15) is 9.84 Å². The summed E-state index contributed by atoms with van der Waals surface area (Å²) in [6.45, 7) is 3.69. The fourth-order valence-corrected chi connectivity index (χ4v) is 5.80. The number of aliphatic hydroxyl groups is 1. The molecule has 19 heavy (non-hydrogen) atoms. The highest BCUT2D eigenvalue weighted by atomic mass is 32.2. The Labute approximate surface area is 115 Å². The van der Waals surface area contributed by atoms with Gasteiger partial charge in [0.25, 0.3) is 0 Å². The molecule has 1 heterocycles. The first kappa shape index (κ1) is 16.9. The molecule has 1 atom stereocenters. The van der Waals surface area contributed by atoms with E-state index in [1.165, 1.54) is 0 Å². The molecule has 1 aliphatic heterocycles. The van der Waals surface area contributed by atoms with Gasteiger partial charge in [-0.3, -0.25) is 0 Å². The van der Waals surface area contributed by atoms with E-state index in [4.69, 9.17) is 5.11 Å². The number of sulfone groups is 1. The zero-order valence-corrected chi connectivity index (χ0v) is 13.0. The molecule has 1 fully saturated rings. The fourth-order valence-electron chi connectivity index (χ4n) is 2.15. The van der Waals surface area contributed by atoms with E-state index in [-0.39, 0.29) is 42.9 Å². The molecule has 0 aromatic carbocycles. The van der Waals surface area contributed by atoms with E-state index in [0.29, 0.717) is 6.42 Å². The molecule has 0 radical (unpaired) electrons. The summed E-state index contributed by atoms with van der Waals surface area (Å²) in [6, 6.07) is -0.312. The Morgan fingerprint density at radius 2 is 1.79 bits per heavy atom. The van der Waals surface area contributed by atoms with E-state index in [0.717, 1.165) is 0 Å². The zero-order valence-electron chi connectivity index (χ0n) is 11.4. The van der Waals surface area contributed by atoms with Crippen molar-refractivity contribution in [2.75, 3.05) is 18.1 Å². The highest BCUT2D eigenvalue weighted by Crippen LogP contribution is 2.20. The van der Waals surface area contributed by atoms with Crippen molar-refractivity contribution in [3.63, 3.8) is 0 Å². The second-order valence-electron chi connectivity index (χ2n) is 5.38. The molecule has 1 saturated heterocycles. The van der Waals surface area contributed by atoms with Crippen molar-refractivity contribution < 1.29 is 21.9 Å². The Balaban J connectivity index is 2.70. The van der Waals surface area contributed by atoms with Crippen LogP contribution in [-0.4, -0.2) is 51.3 Å². The van der Waals surface area contributed by atoms with Crippen LogP contribution >= 0.6 is 0 Å². The van der Waals surface area contributed by atoms with Crippen molar-refractivity contribution in [3.8, 4) is 0 Å². The average Bonchev–Trinajstić information content (AvgIpc) is 2.27. The van der Waals surface area contributed by atoms with Crippen LogP contribution in [0.3, 0.4) is 0 Å². The van der Waals surface area contributed by atoms with Gasteiger partial charge in [0.05, 0.1) is 16.8 Å². The van der Waals surface area contributed by atoms with Crippen LogP contribution in [0.5, 0.6) is 0 Å². The lowest BCUT2D eigenvalue weighted by molar-refractivity contribution is 0.255. The molecule has 1 aliphatic rings. The van der Waals surface area contributed by atoms with E-state index in [2.05, 4.69) is 4.72 Å². The summed E-state index contributed by atoms with van der Waals surface area (Å²) in [7, 11) is -6.59. The summed E-state index contributed by atoms with van der Waals surface area (Å²) >= 11 is 0. The maximum Gasteiger partial charge on any atom is 0.214 e. The fraction of sp³-hybridized carbons (Fsp3) is 1.00. The predicted molar refractivity (Wildman–Crippen MR) is 74.1 cm³/mol. The molecule has 1 unspecified atom stereocenters. The average molecular weight is 313 g/mol. The zero-order chi connectivity index (χ0) is 14.7. The normalized spacial score (nSPS) is 22.5. The number of sulfonamides is 1. The first-order valence-electron chi connectivity index (χ1n) is 6.50. The predicted octanol–water partition coefficient (Wildman–Crippen LogP) is -0.110. The number of aliphatic hydroxyl groups excluding tert-OH is 1. The third-order valence-electron chi connectivity index (χ3n) is 3.50. The van der Waals surface area contributed by atoms with Gasteiger partial charge in [-0.2, -0.15) is 0 Å². The van der Waals surface area contributed by atoms with Crippen molar-refractivity contribution in [2.45, 2.75) is 44.4 Å². The first-order chi connectivity index (χ1) is 8.68. The van der Waals surface area contributed by atoms with Gasteiger partial charge in [-0.25, -0.2) is 21.6 Å². The van der Waals surface area contributed by atoms with Crippen molar-refractivity contribution in [1.82, 2.24) is 4.72 Å². The van der Waals surface area contributed by atoms with Gasteiger partial charge in [-0.05, 0) is 25.2 Å². The van der Waals surface area contributed by atoms with Gasteiger partial charge < -0.3 is 5.11 Å². The lowest BCUT2D eigenvalue weighted by Crippen LogP contribution is -2.46. The van der Waals surface area contributed by atoms with Gasteiger partial charge in [0, 0.05) is 12.6 Å². The Morgan fingerprint density at radius 3 is 2.21 bits per heavy atom. The van der Waals surface area contributed by atoms with E-state index in [1.54, 1.807) is 0 Å². The van der Waals surface area contributed by atoms with Crippen LogP contribution in [0.2, 0.25) is 0 Å². The molecule has 0 saturated carbocycles. The summed E-state index contributed by atoms with van der Waals surface area (Å²) in [5, 5.41) is 8.30. The second kappa shape index (κ2) is 6.51. The molecule has 2 N–H and O–H groups in total. The highest BCUT2D eigenvalue weighted by Gasteiger charge is 2.34. The van der Waals surface area contributed by atoms with Gasteiger partial charge in [-0.1, -0.05) is 13.8 Å². The van der Waals surface area contributed by atoms with Crippen LogP contribution in [0.1, 0.15) is 33.1 Å². The minimum absolute atomic E-state index is 0.0646. The van der Waals surface area contributed by atoms with Crippen LogP contribution in [0.4, 0.5) is 0 Å². The Morgan fingerprint density at radius 1 is 1.26 bits per heavy atom. The Kier molecular flexibility index (Phi) is 5.78. The summed E-state index contributed by atoms with van der Waals surface area (Å²) in [4.78, 5) is 0. The Bertz CT molecular complexity index is 469. The van der Waals surface area contributed by atoms with E-state index >= 15 is 0 Å². The summed E-state index contributed by atoms with van der Waals surface area (Å²) < 4.78 is 49.6. The molecule has 0 bridgehead atoms. The van der Waals surface area contributed by atoms with E-state index in [1.807, 2.05) is 13.8 Å². The van der Waals surface area contributed by atoms with Crippen LogP contribution in [0.15, 0.2) is 0 Å². The minimum atomic E-state index is -3.53. The molecular formula is C11H23NO5S2. The Hall–Kier alpha value is -0.180. The second-order valence-corrected chi connectivity index (χ2v) is 9.67. The van der Waals surface area contributed by atoms with Crippen molar-refractivity contribution in [2.24, 2.45) is 5.92 Å². The largest absolute Gasteiger partial charge is 0.396 e. The number of hydrogen-bond acceptors (Lipinski definition) is 5. The molecule has 0 aliphatic carbocycles. The lowest BCUT2D eigenvalue weighted by Gasteiger charge is -2.27. The molecule has 0 spiro atoms. The lowest BCUT2D eigenvalue weighted by atomic mass is 10.0. The first-order valence-corrected chi connectivity index (χ1v) is 9.87. The van der Waals surface area contributed by atoms with Crippen LogP contribution in [0.25, 0.3) is 0 Å². The van der Waals surface area contributed by atoms with Crippen LogP contribution in [-0.2, 0) is 19.9 Å². The van der Waals surface area contributed by atoms with Gasteiger partial charge in [-0.15, -0.1) is 0 Å². The van der Waals surface area contributed by atoms with Crippen molar-refractivity contribution >= 4 is 19.9 Å². The van der Waals surface area contributed by atoms with Crippen LogP contribution < -0.4 is 4.72 Å². The topological polar surface area (TPSA) is 101 Å². The van der Waals surface area contributed by atoms with Crippen LogP contribution in [0, 0.1) is 5.92 Å². The molecule has 1 rings (SSSR count). The van der Waals surface area contributed by atoms with Gasteiger partial charge in [0.15, 0.2) is 0 Å². The quantitative estimate of drug-likeness (QED) is 0.712. The highest BCUT2D eigenvalue weighted by molar-refractivity contribution is 7.92. The molecule has 6 nitrogen and oxygen atoms in total. The van der Waals surface area contributed by atoms with Crippen molar-refractivity contribution in [1.29, 1.82) is 0 Å². The third kappa shape index (κ3) is 5.02. The molecule has 0 amide bonds. The maximum absolute atomic E-state index is 12.2. The molecule has 114 valence electrons. The smallest absolute Gasteiger partial charge is 0.214 e. The molecule has 8 heteroatoms. The number of nitrogens with one attached hydrogen (secondary N) is 1. The molecular weight excluding hydrogens is 290 g/mol. The third-order valence-corrected chi connectivity index (χ3v) is 7.20. The van der Waals surface area contributed by atoms with E-state index < -0.39 is 25.1 Å². The van der Waals surface area contributed by atoms with E-state index in [9.17, 15) is 16.8 Å². The SMILES string of the molecule is CC(C)C(CCO)NS(=O)(=O)C1CCS(=O)(=O)CC1. The number of rotatable bonds is 6. The molecule has 0 aromatic heterocycles. The summed E-state index contributed by atoms with van der Waals surface area (Å²) in [6.07, 6.45) is 0.672. The number of hydrogen-bond donors (Lipinski definition) is 2.